The molecule has 0 saturated carbocycles. The smallest absolute Gasteiger partial charge is 1.00 e. The molecule has 0 aliphatic heterocycles. The summed E-state index contributed by atoms with van der Waals surface area (Å²) in [5, 5.41) is 1.32. The molecule has 0 aliphatic carbocycles. The van der Waals surface area contributed by atoms with Gasteiger partial charge in [-0.25, -0.2) is 0 Å². The zero-order chi connectivity index (χ0) is 7.40. The second kappa shape index (κ2) is 3.81. The van der Waals surface area contributed by atoms with Crippen molar-refractivity contribution in [3.05, 3.63) is 29.8 Å². The van der Waals surface area contributed by atoms with Crippen LogP contribution in [-0.2, 0) is 0 Å². The number of hydrogen-bond acceptors (Lipinski definition) is 0. The van der Waals surface area contributed by atoms with Gasteiger partial charge in [0, 0.05) is 0 Å². The van der Waals surface area contributed by atoms with Crippen molar-refractivity contribution in [1.29, 1.82) is 0 Å². The summed E-state index contributed by atoms with van der Waals surface area (Å²) in [5.41, 5.74) is 1.36. The standard InChI is InChI=1S/C7H7.C2H5.Al.H/c1-7-5-3-2-4-6-7;1-2;;/h3-6H,1H3;1H2,2H3;;/q;;+1;-1. The molecule has 0 aliphatic rings. The molecule has 0 bridgehead atoms. The third kappa shape index (κ3) is 2.17. The Morgan fingerprint density at radius 3 is 2.40 bits per heavy atom. The van der Waals surface area contributed by atoms with Gasteiger partial charge < -0.3 is 1.43 Å². The second-order valence-corrected chi connectivity index (χ2v) is 4.41. The SMILES string of the molecule is C[CH2][Al+][c]1ccc(C)cc1.[H-]. The van der Waals surface area contributed by atoms with Gasteiger partial charge in [-0.2, -0.15) is 0 Å². The van der Waals surface area contributed by atoms with E-state index in [0.29, 0.717) is 15.2 Å². The van der Waals surface area contributed by atoms with Gasteiger partial charge in [-0.05, 0) is 0 Å². The molecule has 0 radical (unpaired) electrons. The van der Waals surface area contributed by atoms with Gasteiger partial charge in [0.05, 0.1) is 0 Å². The van der Waals surface area contributed by atoms with E-state index < -0.39 is 0 Å². The molecule has 1 heteroatoms. The zero-order valence-electron chi connectivity index (χ0n) is 7.59. The molecular formula is C9H13Al. The average Bonchev–Trinajstić information content (AvgIpc) is 1.95. The summed E-state index contributed by atoms with van der Waals surface area (Å²) in [7, 11) is 0. The van der Waals surface area contributed by atoms with Gasteiger partial charge in [-0.3, -0.25) is 0 Å². The predicted molar refractivity (Wildman–Crippen MR) is 48.2 cm³/mol. The molecule has 1 aromatic carbocycles. The van der Waals surface area contributed by atoms with Crippen molar-refractivity contribution in [3.8, 4) is 0 Å². The van der Waals surface area contributed by atoms with Gasteiger partial charge >= 0.3 is 68.6 Å². The Hall–Kier alpha value is -0.248. The molecular weight excluding hydrogens is 135 g/mol. The Morgan fingerprint density at radius 1 is 1.30 bits per heavy atom. The second-order valence-electron chi connectivity index (χ2n) is 2.52. The Bertz CT molecular complexity index is 193. The van der Waals surface area contributed by atoms with Crippen molar-refractivity contribution in [2.24, 2.45) is 0 Å². The predicted octanol–water partition coefficient (Wildman–Crippen LogP) is 1.88. The van der Waals surface area contributed by atoms with E-state index in [-0.39, 0.29) is 1.43 Å². The van der Waals surface area contributed by atoms with Crippen LogP contribution >= 0.6 is 0 Å². The summed E-state index contributed by atoms with van der Waals surface area (Å²) in [6.45, 7) is 4.38. The van der Waals surface area contributed by atoms with Gasteiger partial charge in [0.1, 0.15) is 0 Å². The van der Waals surface area contributed by atoms with E-state index in [1.54, 1.807) is 0 Å². The molecule has 0 spiro atoms. The van der Waals surface area contributed by atoms with Crippen molar-refractivity contribution in [1.82, 2.24) is 0 Å². The first kappa shape index (κ1) is 7.86. The van der Waals surface area contributed by atoms with Crippen LogP contribution in [0.5, 0.6) is 0 Å². The Labute approximate surface area is 70.5 Å². The van der Waals surface area contributed by atoms with Crippen molar-refractivity contribution in [2.45, 2.75) is 19.1 Å². The summed E-state index contributed by atoms with van der Waals surface area (Å²) in [5.74, 6) is 0. The summed E-state index contributed by atoms with van der Waals surface area (Å²) < 4.78 is 1.54. The third-order valence-electron chi connectivity index (χ3n) is 1.52. The van der Waals surface area contributed by atoms with E-state index in [0.717, 1.165) is 0 Å². The van der Waals surface area contributed by atoms with Crippen LogP contribution in [0.2, 0.25) is 5.28 Å². The maximum absolute atomic E-state index is 2.25. The molecule has 0 unspecified atom stereocenters. The van der Waals surface area contributed by atoms with Crippen LogP contribution in [0.25, 0.3) is 0 Å². The van der Waals surface area contributed by atoms with Crippen LogP contribution < -0.4 is 4.43 Å². The van der Waals surface area contributed by atoms with E-state index in [1.165, 1.54) is 15.3 Å². The molecule has 1 rings (SSSR count). The fourth-order valence-corrected chi connectivity index (χ4v) is 1.87. The van der Waals surface area contributed by atoms with E-state index in [2.05, 4.69) is 38.1 Å². The minimum Gasteiger partial charge on any atom is -1.00 e. The van der Waals surface area contributed by atoms with Crippen LogP contribution in [-0.4, -0.2) is 15.2 Å². The first-order chi connectivity index (χ1) is 4.83. The van der Waals surface area contributed by atoms with Gasteiger partial charge in [0.25, 0.3) is 0 Å². The maximum atomic E-state index is 2.25. The minimum absolute atomic E-state index is 0. The molecule has 0 N–H and O–H groups in total. The number of aryl methyl sites for hydroxylation is 1. The first-order valence-corrected chi connectivity index (χ1v) is 5.12. The fraction of sp³-hybridized carbons (Fsp3) is 0.333. The topological polar surface area (TPSA) is 0 Å². The Balaban J connectivity index is 0.000001000. The largest absolute Gasteiger partial charge is 1.00 e. The molecule has 0 saturated heterocycles. The van der Waals surface area contributed by atoms with Crippen LogP contribution in [0, 0.1) is 6.92 Å². The van der Waals surface area contributed by atoms with Crippen molar-refractivity contribution >= 4 is 19.6 Å². The minimum atomic E-state index is 0. The maximum Gasteiger partial charge on any atom is -1.00 e. The van der Waals surface area contributed by atoms with Crippen LogP contribution in [0.4, 0.5) is 0 Å². The molecule has 0 nitrogen and oxygen atoms in total. The van der Waals surface area contributed by atoms with E-state index in [4.69, 9.17) is 0 Å². The molecule has 0 heterocycles. The molecule has 0 atom stereocenters. The molecule has 0 aromatic heterocycles. The summed E-state index contributed by atoms with van der Waals surface area (Å²) in [4.78, 5) is 0. The van der Waals surface area contributed by atoms with Gasteiger partial charge in [-0.1, -0.05) is 0 Å². The van der Waals surface area contributed by atoms with Gasteiger partial charge in [-0.15, -0.1) is 0 Å². The summed E-state index contributed by atoms with van der Waals surface area (Å²) in [6, 6.07) is 8.87. The summed E-state index contributed by atoms with van der Waals surface area (Å²) in [6.07, 6.45) is 0. The average molecular weight is 148 g/mol. The van der Waals surface area contributed by atoms with Crippen molar-refractivity contribution in [2.75, 3.05) is 0 Å². The van der Waals surface area contributed by atoms with E-state index in [9.17, 15) is 0 Å². The number of rotatable bonds is 2. The fourth-order valence-electron chi connectivity index (χ4n) is 0.938. The van der Waals surface area contributed by atoms with Crippen molar-refractivity contribution < 1.29 is 1.43 Å². The molecule has 52 valence electrons. The van der Waals surface area contributed by atoms with E-state index in [1.807, 2.05) is 0 Å². The quantitative estimate of drug-likeness (QED) is 0.562. The third-order valence-corrected chi connectivity index (χ3v) is 2.78. The zero-order valence-corrected chi connectivity index (χ0v) is 7.75. The van der Waals surface area contributed by atoms with Crippen LogP contribution in [0.3, 0.4) is 0 Å². The van der Waals surface area contributed by atoms with Crippen LogP contribution in [0.1, 0.15) is 13.9 Å². The normalized spacial score (nSPS) is 9.00. The number of hydrogen-bond donors (Lipinski definition) is 0. The van der Waals surface area contributed by atoms with Crippen molar-refractivity contribution in [3.63, 3.8) is 0 Å². The monoisotopic (exact) mass is 148 g/mol. The molecule has 0 amide bonds. The number of benzene rings is 1. The Morgan fingerprint density at radius 2 is 1.90 bits per heavy atom. The molecule has 10 heavy (non-hydrogen) atoms. The van der Waals surface area contributed by atoms with E-state index >= 15 is 0 Å². The summed E-state index contributed by atoms with van der Waals surface area (Å²) >= 11 is 0.533. The van der Waals surface area contributed by atoms with Gasteiger partial charge in [0.15, 0.2) is 0 Å². The Kier molecular flexibility index (Phi) is 2.99. The first-order valence-electron chi connectivity index (χ1n) is 3.73. The van der Waals surface area contributed by atoms with Crippen LogP contribution in [0.15, 0.2) is 24.3 Å². The molecule has 1 aromatic rings. The molecule has 0 fully saturated rings. The van der Waals surface area contributed by atoms with Gasteiger partial charge in [0.2, 0.25) is 0 Å².